The van der Waals surface area contributed by atoms with Gasteiger partial charge >= 0.3 is 0 Å². The zero-order valence-electron chi connectivity index (χ0n) is 18.8. The largest absolute Gasteiger partial charge is 0.508 e. The van der Waals surface area contributed by atoms with Crippen LogP contribution in [0.4, 0.5) is 5.69 Å². The third kappa shape index (κ3) is 3.37. The Bertz CT molecular complexity index is 1470. The van der Waals surface area contributed by atoms with Gasteiger partial charge in [0.25, 0.3) is 0 Å². The number of rotatable bonds is 2. The van der Waals surface area contributed by atoms with Crippen LogP contribution in [-0.4, -0.2) is 28.5 Å². The molecule has 3 aliphatic carbocycles. The lowest BCUT2D eigenvalue weighted by atomic mass is 9.59. The molecule has 36 heavy (non-hydrogen) atoms. The van der Waals surface area contributed by atoms with E-state index in [-0.39, 0.29) is 40.0 Å². The third-order valence-electron chi connectivity index (χ3n) is 7.62. The number of hydrogen-bond donors (Lipinski definition) is 1. The summed E-state index contributed by atoms with van der Waals surface area (Å²) in [5.74, 6) is -3.35. The van der Waals surface area contributed by atoms with Crippen LogP contribution in [0.1, 0.15) is 24.3 Å². The highest BCUT2D eigenvalue weighted by Crippen LogP contribution is 2.55. The molecule has 6 rings (SSSR count). The Morgan fingerprint density at radius 1 is 0.972 bits per heavy atom. The Kier molecular flexibility index (Phi) is 5.39. The molecule has 8 heteroatoms. The smallest absolute Gasteiger partial charge is 0.238 e. The highest BCUT2D eigenvalue weighted by atomic mass is 79.9. The predicted octanol–water partition coefficient (Wildman–Crippen LogP) is 5.01. The van der Waals surface area contributed by atoms with E-state index in [1.54, 1.807) is 42.5 Å². The molecule has 0 radical (unpaired) electrons. The molecule has 4 aliphatic rings. The summed E-state index contributed by atoms with van der Waals surface area (Å²) in [5.41, 5.74) is 2.69. The van der Waals surface area contributed by atoms with Gasteiger partial charge in [-0.3, -0.25) is 24.1 Å². The molecular formula is C28H19BrClNO5. The summed E-state index contributed by atoms with van der Waals surface area (Å²) < 4.78 is 0.178. The molecule has 2 amide bonds. The first-order valence-electron chi connectivity index (χ1n) is 11.6. The van der Waals surface area contributed by atoms with E-state index in [9.17, 15) is 24.3 Å². The molecule has 0 bridgehead atoms. The molecule has 6 nitrogen and oxygen atoms in total. The summed E-state index contributed by atoms with van der Waals surface area (Å²) in [6.07, 6.45) is 3.78. The van der Waals surface area contributed by atoms with Crippen molar-refractivity contribution in [1.29, 1.82) is 0 Å². The van der Waals surface area contributed by atoms with Gasteiger partial charge in [0.2, 0.25) is 11.8 Å². The Labute approximate surface area is 220 Å². The number of fused-ring (bicyclic) bond motifs is 3. The van der Waals surface area contributed by atoms with Crippen LogP contribution >= 0.6 is 27.5 Å². The number of benzene rings is 2. The van der Waals surface area contributed by atoms with Gasteiger partial charge < -0.3 is 5.11 Å². The second-order valence-electron chi connectivity index (χ2n) is 9.48. The third-order valence-corrected chi connectivity index (χ3v) is 8.46. The zero-order chi connectivity index (χ0) is 25.3. The standard InChI is InChI=1S/C28H19BrClNO5/c29-21-12-22(33)25-20(26(21)34)11-19-17(23(25)13-2-1-3-16(32)10-13)8-9-18-24(19)28(36)31(27(18)35)15-6-4-14(30)5-7-15/h1-8,10,12,18-19,23-24,32H,9,11H2/t18-,19+,23-,24-/m0/s1. The number of phenolic OH excluding ortho intramolecular Hbond substituents is 1. The second-order valence-corrected chi connectivity index (χ2v) is 10.8. The van der Waals surface area contributed by atoms with Crippen LogP contribution in [0.2, 0.25) is 5.02 Å². The number of imide groups is 1. The number of Topliss-reactive ketones (excluding diaryl/α,β-unsaturated/α-hetero) is 1. The van der Waals surface area contributed by atoms with Crippen molar-refractivity contribution in [3.05, 3.63) is 92.5 Å². The number of amides is 2. The molecule has 0 spiro atoms. The minimum Gasteiger partial charge on any atom is -0.508 e. The van der Waals surface area contributed by atoms with Gasteiger partial charge in [-0.15, -0.1) is 0 Å². The fraction of sp³-hybridized carbons (Fsp3) is 0.214. The predicted molar refractivity (Wildman–Crippen MR) is 137 cm³/mol. The van der Waals surface area contributed by atoms with E-state index >= 15 is 0 Å². The van der Waals surface area contributed by atoms with Gasteiger partial charge in [0.05, 0.1) is 22.0 Å². The number of aromatic hydroxyl groups is 1. The summed E-state index contributed by atoms with van der Waals surface area (Å²) >= 11 is 9.22. The summed E-state index contributed by atoms with van der Waals surface area (Å²) in [6, 6.07) is 13.2. The van der Waals surface area contributed by atoms with Crippen molar-refractivity contribution < 1.29 is 24.3 Å². The van der Waals surface area contributed by atoms with Gasteiger partial charge in [0.15, 0.2) is 11.6 Å². The maximum atomic E-state index is 13.8. The number of carbonyl (C=O) groups is 4. The first-order chi connectivity index (χ1) is 17.3. The molecule has 1 aliphatic heterocycles. The van der Waals surface area contributed by atoms with Gasteiger partial charge in [-0.1, -0.05) is 35.4 Å². The number of anilines is 1. The Morgan fingerprint density at radius 3 is 2.44 bits per heavy atom. The van der Waals surface area contributed by atoms with Crippen molar-refractivity contribution in [3.63, 3.8) is 0 Å². The van der Waals surface area contributed by atoms with E-state index in [4.69, 9.17) is 11.6 Å². The van der Waals surface area contributed by atoms with Crippen LogP contribution < -0.4 is 4.90 Å². The fourth-order valence-corrected chi connectivity index (χ4v) is 6.71. The minimum absolute atomic E-state index is 0.0402. The Balaban J connectivity index is 1.48. The van der Waals surface area contributed by atoms with E-state index in [1.165, 1.54) is 17.0 Å². The average Bonchev–Trinajstić information content (AvgIpc) is 3.12. The van der Waals surface area contributed by atoms with Crippen molar-refractivity contribution >= 4 is 56.6 Å². The van der Waals surface area contributed by atoms with Gasteiger partial charge in [-0.2, -0.15) is 0 Å². The highest BCUT2D eigenvalue weighted by molar-refractivity contribution is 9.12. The van der Waals surface area contributed by atoms with Crippen LogP contribution in [0.3, 0.4) is 0 Å². The summed E-state index contributed by atoms with van der Waals surface area (Å²) in [7, 11) is 0. The second kappa shape index (κ2) is 8.39. The lowest BCUT2D eigenvalue weighted by Crippen LogP contribution is -2.39. The molecule has 1 fully saturated rings. The number of hydrogen-bond acceptors (Lipinski definition) is 5. The highest BCUT2D eigenvalue weighted by Gasteiger charge is 2.56. The number of halogens is 2. The minimum atomic E-state index is -0.658. The lowest BCUT2D eigenvalue weighted by molar-refractivity contribution is -0.123. The SMILES string of the molecule is O=C1C=C(Br)C(=O)C2=C1[C@@H](c1cccc(O)c1)C1=CC[C@@H]3C(=O)N(c4ccc(Cl)cc4)C(=O)[C@@H]3[C@@H]1C2. The number of nitrogens with zero attached hydrogens (tertiary/aromatic N) is 1. The fourth-order valence-electron chi connectivity index (χ4n) is 6.14. The van der Waals surface area contributed by atoms with Crippen molar-refractivity contribution in [3.8, 4) is 5.75 Å². The van der Waals surface area contributed by atoms with E-state index in [2.05, 4.69) is 15.9 Å². The van der Waals surface area contributed by atoms with Crippen LogP contribution in [-0.2, 0) is 19.2 Å². The van der Waals surface area contributed by atoms with Crippen LogP contribution in [0.5, 0.6) is 5.75 Å². The van der Waals surface area contributed by atoms with Crippen LogP contribution in [0.25, 0.3) is 0 Å². The number of phenols is 1. The summed E-state index contributed by atoms with van der Waals surface area (Å²) in [4.78, 5) is 54.8. The van der Waals surface area contributed by atoms with E-state index in [0.717, 1.165) is 5.57 Å². The van der Waals surface area contributed by atoms with E-state index in [1.807, 2.05) is 6.08 Å². The molecule has 0 unspecified atom stereocenters. The quantitative estimate of drug-likeness (QED) is 0.315. The molecule has 4 atom stereocenters. The Hall–Kier alpha value is -3.29. The molecule has 1 heterocycles. The first-order valence-corrected chi connectivity index (χ1v) is 12.7. The molecule has 2 aromatic carbocycles. The first kappa shape index (κ1) is 23.1. The van der Waals surface area contributed by atoms with Gasteiger partial charge in [0.1, 0.15) is 5.75 Å². The van der Waals surface area contributed by atoms with Crippen molar-refractivity contribution in [2.45, 2.75) is 18.8 Å². The van der Waals surface area contributed by atoms with Crippen LogP contribution in [0.15, 0.2) is 81.9 Å². The molecule has 0 saturated carbocycles. The normalized spacial score (nSPS) is 27.4. The number of ketones is 2. The van der Waals surface area contributed by atoms with Crippen molar-refractivity contribution in [2.75, 3.05) is 4.90 Å². The summed E-state index contributed by atoms with van der Waals surface area (Å²) in [6.45, 7) is 0. The van der Waals surface area contributed by atoms with Crippen molar-refractivity contribution in [1.82, 2.24) is 0 Å². The molecule has 2 aromatic rings. The Morgan fingerprint density at radius 2 is 1.72 bits per heavy atom. The van der Waals surface area contributed by atoms with E-state index < -0.39 is 23.7 Å². The number of allylic oxidation sites excluding steroid dienone is 6. The topological polar surface area (TPSA) is 91.8 Å². The summed E-state index contributed by atoms with van der Waals surface area (Å²) in [5, 5.41) is 10.7. The maximum Gasteiger partial charge on any atom is 0.238 e. The van der Waals surface area contributed by atoms with Crippen LogP contribution in [0, 0.1) is 17.8 Å². The zero-order valence-corrected chi connectivity index (χ0v) is 21.1. The van der Waals surface area contributed by atoms with Gasteiger partial charge in [-0.05, 0) is 76.7 Å². The lowest BCUT2D eigenvalue weighted by Gasteiger charge is -2.42. The molecule has 1 saturated heterocycles. The number of carbonyl (C=O) groups excluding carboxylic acids is 4. The molecule has 1 N–H and O–H groups in total. The van der Waals surface area contributed by atoms with Crippen molar-refractivity contribution in [2.24, 2.45) is 17.8 Å². The van der Waals surface area contributed by atoms with Gasteiger partial charge in [0, 0.05) is 28.2 Å². The van der Waals surface area contributed by atoms with Gasteiger partial charge in [-0.25, -0.2) is 0 Å². The monoisotopic (exact) mass is 563 g/mol. The van der Waals surface area contributed by atoms with E-state index in [0.29, 0.717) is 33.8 Å². The molecule has 180 valence electrons. The molecular weight excluding hydrogens is 546 g/mol. The maximum absolute atomic E-state index is 13.8. The molecule has 0 aromatic heterocycles. The average molecular weight is 565 g/mol.